The van der Waals surface area contributed by atoms with Gasteiger partial charge in [0, 0.05) is 18.4 Å². The summed E-state index contributed by atoms with van der Waals surface area (Å²) in [6.07, 6.45) is 5.44. The molecular weight excluding hydrogens is 236 g/mol. The van der Waals surface area contributed by atoms with Gasteiger partial charge in [-0.05, 0) is 36.6 Å². The van der Waals surface area contributed by atoms with Crippen LogP contribution >= 0.6 is 0 Å². The fourth-order valence-corrected chi connectivity index (χ4v) is 2.07. The van der Waals surface area contributed by atoms with Gasteiger partial charge in [-0.1, -0.05) is 36.4 Å². The molecule has 2 rings (SSSR count). The second kappa shape index (κ2) is 7.67. The van der Waals surface area contributed by atoms with Gasteiger partial charge in [-0.25, -0.2) is 0 Å². The highest BCUT2D eigenvalue weighted by Gasteiger charge is 2.07. The first-order chi connectivity index (χ1) is 9.38. The van der Waals surface area contributed by atoms with Crippen molar-refractivity contribution in [2.75, 3.05) is 13.2 Å². The molecule has 0 aliphatic carbocycles. The van der Waals surface area contributed by atoms with Gasteiger partial charge in [0.25, 0.3) is 0 Å². The van der Waals surface area contributed by atoms with Crippen LogP contribution in [0.2, 0.25) is 0 Å². The minimum atomic E-state index is 0.110. The molecule has 3 heteroatoms. The average Bonchev–Trinajstić information content (AvgIpc) is 2.48. The minimum Gasteiger partial charge on any atom is -0.395 e. The lowest BCUT2D eigenvalue weighted by Crippen LogP contribution is -2.35. The second-order valence-corrected chi connectivity index (χ2v) is 4.63. The molecule has 1 aromatic heterocycles. The maximum absolute atomic E-state index is 9.41. The minimum absolute atomic E-state index is 0.110. The predicted octanol–water partition coefficient (Wildman–Crippen LogP) is 1.82. The highest BCUT2D eigenvalue weighted by molar-refractivity contribution is 5.16. The molecular formula is C16H20N2O. The van der Waals surface area contributed by atoms with Crippen LogP contribution in [0.3, 0.4) is 0 Å². The van der Waals surface area contributed by atoms with Crippen molar-refractivity contribution in [2.45, 2.75) is 18.9 Å². The molecule has 1 aromatic carbocycles. The zero-order valence-corrected chi connectivity index (χ0v) is 11.0. The molecule has 0 aliphatic rings. The van der Waals surface area contributed by atoms with Gasteiger partial charge in [-0.15, -0.1) is 0 Å². The molecule has 0 amide bonds. The number of benzene rings is 1. The Bertz CT molecular complexity index is 459. The van der Waals surface area contributed by atoms with Crippen molar-refractivity contribution in [3.05, 3.63) is 66.0 Å². The van der Waals surface area contributed by atoms with E-state index in [1.165, 1.54) is 11.1 Å². The van der Waals surface area contributed by atoms with Crippen molar-refractivity contribution < 1.29 is 5.11 Å². The quantitative estimate of drug-likeness (QED) is 0.794. The number of nitrogens with zero attached hydrogens (tertiary/aromatic N) is 1. The Morgan fingerprint density at radius 3 is 2.53 bits per heavy atom. The maximum Gasteiger partial charge on any atom is 0.0587 e. The Morgan fingerprint density at radius 1 is 1.05 bits per heavy atom. The molecule has 0 radical (unpaired) electrons. The van der Waals surface area contributed by atoms with Crippen LogP contribution in [0, 0.1) is 0 Å². The SMILES string of the molecule is OCC(Cc1ccccc1)NCCc1cccnc1. The molecule has 19 heavy (non-hydrogen) atoms. The largest absolute Gasteiger partial charge is 0.395 e. The average molecular weight is 256 g/mol. The summed E-state index contributed by atoms with van der Waals surface area (Å²) in [7, 11) is 0. The van der Waals surface area contributed by atoms with Gasteiger partial charge in [0.1, 0.15) is 0 Å². The van der Waals surface area contributed by atoms with Crippen LogP contribution in [-0.2, 0) is 12.8 Å². The number of hydrogen-bond donors (Lipinski definition) is 2. The Morgan fingerprint density at radius 2 is 1.84 bits per heavy atom. The van der Waals surface area contributed by atoms with Crippen LogP contribution in [0.25, 0.3) is 0 Å². The van der Waals surface area contributed by atoms with E-state index in [1.54, 1.807) is 6.20 Å². The van der Waals surface area contributed by atoms with Crippen LogP contribution in [0.15, 0.2) is 54.9 Å². The molecule has 2 aromatic rings. The normalized spacial score (nSPS) is 12.3. The van der Waals surface area contributed by atoms with Crippen molar-refractivity contribution in [1.82, 2.24) is 10.3 Å². The molecule has 0 saturated carbocycles. The van der Waals surface area contributed by atoms with Gasteiger partial charge in [-0.3, -0.25) is 4.98 Å². The number of aromatic nitrogens is 1. The van der Waals surface area contributed by atoms with E-state index in [9.17, 15) is 5.11 Å². The van der Waals surface area contributed by atoms with Gasteiger partial charge in [-0.2, -0.15) is 0 Å². The molecule has 1 unspecified atom stereocenters. The van der Waals surface area contributed by atoms with Gasteiger partial charge in [0.2, 0.25) is 0 Å². The zero-order chi connectivity index (χ0) is 13.3. The fourth-order valence-electron chi connectivity index (χ4n) is 2.07. The summed E-state index contributed by atoms with van der Waals surface area (Å²) < 4.78 is 0. The number of aliphatic hydroxyl groups excluding tert-OH is 1. The number of pyridine rings is 1. The Kier molecular flexibility index (Phi) is 5.53. The maximum atomic E-state index is 9.41. The van der Waals surface area contributed by atoms with Crippen LogP contribution in [-0.4, -0.2) is 29.3 Å². The van der Waals surface area contributed by atoms with Crippen LogP contribution in [0.1, 0.15) is 11.1 Å². The number of aliphatic hydroxyl groups is 1. The fraction of sp³-hybridized carbons (Fsp3) is 0.312. The summed E-state index contributed by atoms with van der Waals surface area (Å²) in [6.45, 7) is 1.01. The first-order valence-electron chi connectivity index (χ1n) is 6.65. The van der Waals surface area contributed by atoms with Crippen molar-refractivity contribution in [3.63, 3.8) is 0 Å². The molecule has 0 aliphatic heterocycles. The third-order valence-electron chi connectivity index (χ3n) is 3.11. The van der Waals surface area contributed by atoms with Gasteiger partial charge in [0.05, 0.1) is 6.61 Å². The molecule has 2 N–H and O–H groups in total. The standard InChI is InChI=1S/C16H20N2O/c19-13-16(11-14-5-2-1-3-6-14)18-10-8-15-7-4-9-17-12-15/h1-7,9,12,16,18-19H,8,10-11,13H2. The lowest BCUT2D eigenvalue weighted by Gasteiger charge is -2.16. The highest BCUT2D eigenvalue weighted by atomic mass is 16.3. The van der Waals surface area contributed by atoms with Gasteiger partial charge >= 0.3 is 0 Å². The third kappa shape index (κ3) is 4.81. The second-order valence-electron chi connectivity index (χ2n) is 4.63. The van der Waals surface area contributed by atoms with E-state index < -0.39 is 0 Å². The Balaban J connectivity index is 1.77. The van der Waals surface area contributed by atoms with Crippen molar-refractivity contribution in [3.8, 4) is 0 Å². The predicted molar refractivity (Wildman–Crippen MR) is 77.0 cm³/mol. The molecule has 0 spiro atoms. The van der Waals surface area contributed by atoms with E-state index >= 15 is 0 Å². The van der Waals surface area contributed by atoms with Crippen molar-refractivity contribution in [2.24, 2.45) is 0 Å². The van der Waals surface area contributed by atoms with Crippen LogP contribution in [0.5, 0.6) is 0 Å². The van der Waals surface area contributed by atoms with Gasteiger partial charge in [0.15, 0.2) is 0 Å². The Hall–Kier alpha value is -1.71. The topological polar surface area (TPSA) is 45.1 Å². The molecule has 0 fully saturated rings. The first kappa shape index (κ1) is 13.7. The first-order valence-corrected chi connectivity index (χ1v) is 6.65. The van der Waals surface area contributed by atoms with Gasteiger partial charge < -0.3 is 10.4 Å². The van der Waals surface area contributed by atoms with E-state index in [2.05, 4.69) is 28.5 Å². The van der Waals surface area contributed by atoms with Crippen molar-refractivity contribution >= 4 is 0 Å². The zero-order valence-electron chi connectivity index (χ0n) is 11.0. The summed E-state index contributed by atoms with van der Waals surface area (Å²) in [5.41, 5.74) is 2.46. The van der Waals surface area contributed by atoms with E-state index in [1.807, 2.05) is 30.5 Å². The van der Waals surface area contributed by atoms with Crippen LogP contribution < -0.4 is 5.32 Å². The summed E-state index contributed by atoms with van der Waals surface area (Å²) in [6, 6.07) is 14.4. The van der Waals surface area contributed by atoms with E-state index in [4.69, 9.17) is 0 Å². The molecule has 3 nitrogen and oxygen atoms in total. The summed E-state index contributed by atoms with van der Waals surface area (Å²) >= 11 is 0. The summed E-state index contributed by atoms with van der Waals surface area (Å²) in [5, 5.41) is 12.8. The third-order valence-corrected chi connectivity index (χ3v) is 3.11. The number of rotatable bonds is 7. The van der Waals surface area contributed by atoms with E-state index in [0.29, 0.717) is 0 Å². The lowest BCUT2D eigenvalue weighted by atomic mass is 10.1. The molecule has 0 bridgehead atoms. The molecule has 100 valence electrons. The van der Waals surface area contributed by atoms with E-state index in [0.717, 1.165) is 19.4 Å². The van der Waals surface area contributed by atoms with Crippen molar-refractivity contribution in [1.29, 1.82) is 0 Å². The monoisotopic (exact) mass is 256 g/mol. The summed E-state index contributed by atoms with van der Waals surface area (Å²) in [5.74, 6) is 0. The number of nitrogens with one attached hydrogen (secondary N) is 1. The summed E-state index contributed by atoms with van der Waals surface area (Å²) in [4.78, 5) is 4.09. The van der Waals surface area contributed by atoms with E-state index in [-0.39, 0.29) is 12.6 Å². The number of hydrogen-bond acceptors (Lipinski definition) is 3. The van der Waals surface area contributed by atoms with Crippen LogP contribution in [0.4, 0.5) is 0 Å². The molecule has 0 saturated heterocycles. The highest BCUT2D eigenvalue weighted by Crippen LogP contribution is 2.03. The molecule has 1 heterocycles. The Labute approximate surface area is 114 Å². The smallest absolute Gasteiger partial charge is 0.0587 e. The molecule has 1 atom stereocenters. The lowest BCUT2D eigenvalue weighted by molar-refractivity contribution is 0.242.